The topological polar surface area (TPSA) is 50.4 Å². The summed E-state index contributed by atoms with van der Waals surface area (Å²) in [5, 5.41) is 6.81. The fourth-order valence-corrected chi connectivity index (χ4v) is 2.41. The molecule has 0 radical (unpaired) electrons. The van der Waals surface area contributed by atoms with Crippen molar-refractivity contribution in [1.82, 2.24) is 10.6 Å². The van der Waals surface area contributed by atoms with Crippen molar-refractivity contribution in [3.63, 3.8) is 0 Å². The molecular formula is C15H22Cl2N2O2. The van der Waals surface area contributed by atoms with Crippen LogP contribution in [-0.2, 0) is 11.3 Å². The summed E-state index contributed by atoms with van der Waals surface area (Å²) in [6, 6.07) is 3.39. The Balaban J connectivity index is 2.79. The van der Waals surface area contributed by atoms with Gasteiger partial charge in [-0.25, -0.2) is 0 Å². The fourth-order valence-electron chi connectivity index (χ4n) is 1.83. The summed E-state index contributed by atoms with van der Waals surface area (Å²) in [4.78, 5) is 11.9. The van der Waals surface area contributed by atoms with Crippen LogP contribution in [0.25, 0.3) is 0 Å². The number of carbonyl (C=O) groups is 1. The third-order valence-corrected chi connectivity index (χ3v) is 3.44. The van der Waals surface area contributed by atoms with Crippen molar-refractivity contribution in [3.05, 3.63) is 27.7 Å². The molecule has 21 heavy (non-hydrogen) atoms. The number of ether oxygens (including phenoxy) is 1. The van der Waals surface area contributed by atoms with Gasteiger partial charge >= 0.3 is 0 Å². The molecule has 0 fully saturated rings. The Morgan fingerprint density at radius 2 is 2.10 bits per heavy atom. The molecule has 0 saturated heterocycles. The van der Waals surface area contributed by atoms with Crippen molar-refractivity contribution in [2.24, 2.45) is 0 Å². The molecule has 4 nitrogen and oxygen atoms in total. The molecule has 1 unspecified atom stereocenters. The van der Waals surface area contributed by atoms with E-state index in [2.05, 4.69) is 17.6 Å². The molecule has 0 aliphatic heterocycles. The quantitative estimate of drug-likeness (QED) is 0.717. The SMILES string of the molecule is CCCCNC(=O)C(C)Oc1c(Cl)cc(Cl)cc1CNC. The third-order valence-electron chi connectivity index (χ3n) is 2.95. The minimum atomic E-state index is -0.615. The van der Waals surface area contributed by atoms with Crippen LogP contribution in [0.2, 0.25) is 10.0 Å². The highest BCUT2D eigenvalue weighted by Crippen LogP contribution is 2.33. The van der Waals surface area contributed by atoms with Crippen LogP contribution in [0.3, 0.4) is 0 Å². The largest absolute Gasteiger partial charge is 0.479 e. The molecule has 1 rings (SSSR count). The number of hydrogen-bond acceptors (Lipinski definition) is 3. The van der Waals surface area contributed by atoms with Crippen LogP contribution >= 0.6 is 23.2 Å². The van der Waals surface area contributed by atoms with Gasteiger partial charge in [-0.05, 0) is 32.5 Å². The van der Waals surface area contributed by atoms with E-state index in [4.69, 9.17) is 27.9 Å². The maximum absolute atomic E-state index is 11.9. The highest BCUT2D eigenvalue weighted by atomic mass is 35.5. The first-order valence-electron chi connectivity index (χ1n) is 7.06. The average molecular weight is 333 g/mol. The maximum Gasteiger partial charge on any atom is 0.260 e. The van der Waals surface area contributed by atoms with Gasteiger partial charge in [0.1, 0.15) is 5.75 Å². The monoisotopic (exact) mass is 332 g/mol. The first-order chi connectivity index (χ1) is 9.99. The normalized spacial score (nSPS) is 12.0. The second-order valence-electron chi connectivity index (χ2n) is 4.81. The van der Waals surface area contributed by atoms with E-state index in [0.29, 0.717) is 28.9 Å². The number of nitrogens with one attached hydrogen (secondary N) is 2. The van der Waals surface area contributed by atoms with Crippen molar-refractivity contribution in [3.8, 4) is 5.75 Å². The number of unbranched alkanes of at least 4 members (excludes halogenated alkanes) is 1. The van der Waals surface area contributed by atoms with Crippen molar-refractivity contribution < 1.29 is 9.53 Å². The van der Waals surface area contributed by atoms with E-state index in [1.165, 1.54) is 0 Å². The smallest absolute Gasteiger partial charge is 0.260 e. The van der Waals surface area contributed by atoms with Gasteiger partial charge in [-0.15, -0.1) is 0 Å². The number of rotatable bonds is 8. The van der Waals surface area contributed by atoms with Gasteiger partial charge < -0.3 is 15.4 Å². The zero-order valence-corrected chi connectivity index (χ0v) is 14.1. The van der Waals surface area contributed by atoms with Gasteiger partial charge in [-0.3, -0.25) is 4.79 Å². The Morgan fingerprint density at radius 1 is 1.38 bits per heavy atom. The van der Waals surface area contributed by atoms with Gasteiger partial charge in [0.2, 0.25) is 0 Å². The molecule has 0 spiro atoms. The van der Waals surface area contributed by atoms with Gasteiger partial charge in [0.05, 0.1) is 5.02 Å². The molecule has 1 aromatic carbocycles. The fraction of sp³-hybridized carbons (Fsp3) is 0.533. The summed E-state index contributed by atoms with van der Waals surface area (Å²) in [6.07, 6.45) is 1.37. The highest BCUT2D eigenvalue weighted by Gasteiger charge is 2.18. The zero-order chi connectivity index (χ0) is 15.8. The number of hydrogen-bond donors (Lipinski definition) is 2. The first kappa shape index (κ1) is 18.1. The number of carbonyl (C=O) groups excluding carboxylic acids is 1. The molecule has 0 aromatic heterocycles. The van der Waals surface area contributed by atoms with Crippen molar-refractivity contribution in [1.29, 1.82) is 0 Å². The predicted molar refractivity (Wildman–Crippen MR) is 87.2 cm³/mol. The lowest BCUT2D eigenvalue weighted by atomic mass is 10.2. The molecule has 118 valence electrons. The molecule has 6 heteroatoms. The lowest BCUT2D eigenvalue weighted by Gasteiger charge is -2.18. The van der Waals surface area contributed by atoms with Crippen LogP contribution in [0.5, 0.6) is 5.75 Å². The van der Waals surface area contributed by atoms with E-state index in [1.54, 1.807) is 19.1 Å². The first-order valence-corrected chi connectivity index (χ1v) is 7.82. The number of amides is 1. The van der Waals surface area contributed by atoms with Crippen LogP contribution < -0.4 is 15.4 Å². The Hall–Kier alpha value is -0.970. The molecule has 1 aromatic rings. The average Bonchev–Trinajstić information content (AvgIpc) is 2.42. The molecular weight excluding hydrogens is 311 g/mol. The van der Waals surface area contributed by atoms with E-state index < -0.39 is 6.10 Å². The lowest BCUT2D eigenvalue weighted by Crippen LogP contribution is -2.37. The lowest BCUT2D eigenvalue weighted by molar-refractivity contribution is -0.127. The van der Waals surface area contributed by atoms with Crippen LogP contribution in [0.15, 0.2) is 12.1 Å². The second-order valence-corrected chi connectivity index (χ2v) is 5.65. The van der Waals surface area contributed by atoms with Crippen LogP contribution in [0.1, 0.15) is 32.3 Å². The summed E-state index contributed by atoms with van der Waals surface area (Å²) >= 11 is 12.2. The molecule has 0 saturated carbocycles. The summed E-state index contributed by atoms with van der Waals surface area (Å²) in [5.41, 5.74) is 0.822. The Morgan fingerprint density at radius 3 is 2.71 bits per heavy atom. The molecule has 0 heterocycles. The zero-order valence-electron chi connectivity index (χ0n) is 12.6. The molecule has 0 bridgehead atoms. The van der Waals surface area contributed by atoms with Crippen LogP contribution in [0.4, 0.5) is 0 Å². The van der Waals surface area contributed by atoms with Gasteiger partial charge in [0.25, 0.3) is 5.91 Å². The molecule has 0 aliphatic rings. The maximum atomic E-state index is 11.9. The Kier molecular flexibility index (Phi) is 7.86. The van der Waals surface area contributed by atoms with Crippen molar-refractivity contribution >= 4 is 29.1 Å². The number of halogens is 2. The Labute approximate surface area is 136 Å². The van der Waals surface area contributed by atoms with E-state index in [1.807, 2.05) is 7.05 Å². The highest BCUT2D eigenvalue weighted by molar-refractivity contribution is 6.35. The van der Waals surface area contributed by atoms with Gasteiger partial charge in [-0.1, -0.05) is 36.5 Å². The Bertz CT molecular complexity index is 481. The van der Waals surface area contributed by atoms with E-state index in [9.17, 15) is 4.79 Å². The minimum absolute atomic E-state index is 0.148. The summed E-state index contributed by atoms with van der Waals surface area (Å²) < 4.78 is 5.73. The van der Waals surface area contributed by atoms with Crippen LogP contribution in [0, 0.1) is 0 Å². The predicted octanol–water partition coefficient (Wildman–Crippen LogP) is 3.40. The van der Waals surface area contributed by atoms with Crippen molar-refractivity contribution in [2.75, 3.05) is 13.6 Å². The van der Waals surface area contributed by atoms with Gasteiger partial charge in [0.15, 0.2) is 6.10 Å². The van der Waals surface area contributed by atoms with Crippen LogP contribution in [-0.4, -0.2) is 25.6 Å². The minimum Gasteiger partial charge on any atom is -0.479 e. The molecule has 2 N–H and O–H groups in total. The summed E-state index contributed by atoms with van der Waals surface area (Å²) in [7, 11) is 1.82. The van der Waals surface area contributed by atoms with E-state index >= 15 is 0 Å². The van der Waals surface area contributed by atoms with Gasteiger partial charge in [-0.2, -0.15) is 0 Å². The van der Waals surface area contributed by atoms with Gasteiger partial charge in [0, 0.05) is 23.7 Å². The van der Waals surface area contributed by atoms with E-state index in [-0.39, 0.29) is 5.91 Å². The summed E-state index contributed by atoms with van der Waals surface area (Å²) in [6.45, 7) is 4.99. The molecule has 1 atom stereocenters. The standard InChI is InChI=1S/C15H22Cl2N2O2/c1-4-5-6-19-15(20)10(2)21-14-11(9-18-3)7-12(16)8-13(14)17/h7-8,10,18H,4-6,9H2,1-3H3,(H,19,20). The molecule has 1 amide bonds. The molecule has 0 aliphatic carbocycles. The van der Waals surface area contributed by atoms with E-state index in [0.717, 1.165) is 18.4 Å². The van der Waals surface area contributed by atoms with Crippen molar-refractivity contribution in [2.45, 2.75) is 39.3 Å². The third kappa shape index (κ3) is 5.73. The second kappa shape index (κ2) is 9.13. The number of benzene rings is 1. The summed E-state index contributed by atoms with van der Waals surface area (Å²) in [5.74, 6) is 0.346.